The van der Waals surface area contributed by atoms with Gasteiger partial charge in [0.05, 0.1) is 29.5 Å². The number of imide groups is 1. The van der Waals surface area contributed by atoms with Crippen molar-refractivity contribution in [3.05, 3.63) is 89.4 Å². The third kappa shape index (κ3) is 5.23. The normalized spacial score (nSPS) is 16.4. The molecule has 0 aliphatic carbocycles. The van der Waals surface area contributed by atoms with E-state index in [-0.39, 0.29) is 18.2 Å². The molecule has 7 heteroatoms. The fourth-order valence-electron chi connectivity index (χ4n) is 3.38. The van der Waals surface area contributed by atoms with Crippen LogP contribution < -0.4 is 10.2 Å². The van der Waals surface area contributed by atoms with Crippen LogP contribution in [0.25, 0.3) is 0 Å². The number of benzene rings is 3. The number of halogens is 1. The molecule has 0 unspecified atom stereocenters. The van der Waals surface area contributed by atoms with E-state index in [2.05, 4.69) is 15.5 Å². The Morgan fingerprint density at radius 1 is 0.871 bits per heavy atom. The van der Waals surface area contributed by atoms with Crippen LogP contribution in [0, 0.1) is 0 Å². The summed E-state index contributed by atoms with van der Waals surface area (Å²) in [5.41, 5.74) is 3.05. The molecule has 1 atom stereocenters. The second-order valence-electron chi connectivity index (χ2n) is 7.21. The minimum atomic E-state index is -0.516. The average molecular weight is 433 g/mol. The third-order valence-corrected chi connectivity index (χ3v) is 5.26. The number of carbonyl (C=O) groups excluding carboxylic acids is 2. The van der Waals surface area contributed by atoms with Crippen molar-refractivity contribution in [1.29, 1.82) is 0 Å². The highest BCUT2D eigenvalue weighted by Crippen LogP contribution is 2.26. The Morgan fingerprint density at radius 2 is 1.52 bits per heavy atom. The molecule has 3 aromatic rings. The first-order valence-electron chi connectivity index (χ1n) is 10.0. The van der Waals surface area contributed by atoms with Gasteiger partial charge < -0.3 is 5.32 Å². The quantitative estimate of drug-likeness (QED) is 0.411. The van der Waals surface area contributed by atoms with Crippen LogP contribution in [0.3, 0.4) is 0 Å². The molecule has 6 nitrogen and oxygen atoms in total. The van der Waals surface area contributed by atoms with Crippen LogP contribution in [-0.2, 0) is 16.0 Å². The molecule has 1 aliphatic heterocycles. The van der Waals surface area contributed by atoms with Crippen molar-refractivity contribution in [2.24, 2.45) is 10.2 Å². The lowest BCUT2D eigenvalue weighted by atomic mass is 10.1. The van der Waals surface area contributed by atoms with Crippen molar-refractivity contribution in [3.63, 3.8) is 0 Å². The molecule has 0 spiro atoms. The summed E-state index contributed by atoms with van der Waals surface area (Å²) in [7, 11) is 0. The van der Waals surface area contributed by atoms with Crippen LogP contribution in [0.15, 0.2) is 89.1 Å². The highest BCUT2D eigenvalue weighted by Gasteiger charge is 2.39. The molecule has 1 N–H and O–H groups in total. The monoisotopic (exact) mass is 432 g/mol. The Hall–Kier alpha value is -3.35. The van der Waals surface area contributed by atoms with Gasteiger partial charge in [-0.25, -0.2) is 4.90 Å². The number of azo groups is 1. The number of hydrogen-bond acceptors (Lipinski definition) is 5. The highest BCUT2D eigenvalue weighted by atomic mass is 35.5. The molecule has 0 radical (unpaired) electrons. The molecule has 2 amide bonds. The lowest BCUT2D eigenvalue weighted by Gasteiger charge is -2.15. The highest BCUT2D eigenvalue weighted by molar-refractivity contribution is 6.30. The maximum atomic E-state index is 12.8. The van der Waals surface area contributed by atoms with E-state index >= 15 is 0 Å². The number of amides is 2. The number of anilines is 1. The molecule has 4 rings (SSSR count). The van der Waals surface area contributed by atoms with Crippen molar-refractivity contribution >= 4 is 40.5 Å². The summed E-state index contributed by atoms with van der Waals surface area (Å²) in [4.78, 5) is 26.5. The van der Waals surface area contributed by atoms with Gasteiger partial charge in [0.25, 0.3) is 5.91 Å². The van der Waals surface area contributed by atoms with Crippen molar-refractivity contribution in [2.45, 2.75) is 18.9 Å². The molecule has 31 heavy (non-hydrogen) atoms. The van der Waals surface area contributed by atoms with Crippen LogP contribution >= 0.6 is 11.6 Å². The molecular weight excluding hydrogens is 412 g/mol. The van der Waals surface area contributed by atoms with Crippen molar-refractivity contribution in [1.82, 2.24) is 5.32 Å². The molecule has 1 heterocycles. The minimum absolute atomic E-state index is 0.148. The zero-order valence-electron chi connectivity index (χ0n) is 16.7. The first kappa shape index (κ1) is 20.9. The molecule has 1 saturated heterocycles. The van der Waals surface area contributed by atoms with E-state index in [1.165, 1.54) is 4.90 Å². The Balaban J connectivity index is 1.35. The zero-order chi connectivity index (χ0) is 21.6. The van der Waals surface area contributed by atoms with E-state index in [0.29, 0.717) is 22.9 Å². The van der Waals surface area contributed by atoms with Gasteiger partial charge >= 0.3 is 0 Å². The van der Waals surface area contributed by atoms with Gasteiger partial charge in [0.15, 0.2) is 0 Å². The van der Waals surface area contributed by atoms with E-state index in [1.807, 2.05) is 54.6 Å². The topological polar surface area (TPSA) is 74.1 Å². The molecule has 1 fully saturated rings. The maximum absolute atomic E-state index is 12.8. The number of rotatable bonds is 7. The average Bonchev–Trinajstić information content (AvgIpc) is 3.08. The molecule has 3 aromatic carbocycles. The summed E-state index contributed by atoms with van der Waals surface area (Å²) in [6.45, 7) is 0.595. The number of nitrogens with one attached hydrogen (secondary N) is 1. The standard InChI is InChI=1S/C24H21ClN4O2/c25-18-8-6-17(7-9-18)14-15-26-22-16-23(30)29(24(22)31)21-12-10-20(11-13-21)28-27-19-4-2-1-3-5-19/h1-13,22,26H,14-16H2/t22-/m1/s1. The molecule has 0 saturated carbocycles. The largest absolute Gasteiger partial charge is 0.305 e. The summed E-state index contributed by atoms with van der Waals surface area (Å²) >= 11 is 5.90. The van der Waals surface area contributed by atoms with Gasteiger partial charge in [-0.05, 0) is 67.1 Å². The van der Waals surface area contributed by atoms with E-state index in [1.54, 1.807) is 24.3 Å². The fraction of sp³-hybridized carbons (Fsp3) is 0.167. The molecular formula is C24H21ClN4O2. The van der Waals surface area contributed by atoms with Gasteiger partial charge in [0.1, 0.15) is 0 Å². The van der Waals surface area contributed by atoms with Crippen LogP contribution in [0.2, 0.25) is 5.02 Å². The predicted octanol–water partition coefficient (Wildman–Crippen LogP) is 5.22. The van der Waals surface area contributed by atoms with Crippen molar-refractivity contribution < 1.29 is 9.59 Å². The van der Waals surface area contributed by atoms with Crippen LogP contribution in [0.5, 0.6) is 0 Å². The van der Waals surface area contributed by atoms with Gasteiger partial charge in [0, 0.05) is 5.02 Å². The van der Waals surface area contributed by atoms with Gasteiger partial charge in [0.2, 0.25) is 5.91 Å². The van der Waals surface area contributed by atoms with E-state index < -0.39 is 6.04 Å². The van der Waals surface area contributed by atoms with Gasteiger partial charge in [-0.1, -0.05) is 41.9 Å². The van der Waals surface area contributed by atoms with E-state index in [0.717, 1.165) is 17.7 Å². The summed E-state index contributed by atoms with van der Waals surface area (Å²) in [6.07, 6.45) is 0.894. The smallest absolute Gasteiger partial charge is 0.251 e. The first-order valence-corrected chi connectivity index (χ1v) is 10.4. The summed E-state index contributed by atoms with van der Waals surface area (Å²) in [5.74, 6) is -0.451. The summed E-state index contributed by atoms with van der Waals surface area (Å²) in [5, 5.41) is 12.2. The summed E-state index contributed by atoms with van der Waals surface area (Å²) in [6, 6.07) is 23.4. The van der Waals surface area contributed by atoms with Gasteiger partial charge in [-0.2, -0.15) is 10.2 Å². The fourth-order valence-corrected chi connectivity index (χ4v) is 3.51. The zero-order valence-corrected chi connectivity index (χ0v) is 17.5. The molecule has 1 aliphatic rings. The third-order valence-electron chi connectivity index (χ3n) is 5.01. The molecule has 156 valence electrons. The van der Waals surface area contributed by atoms with E-state index in [9.17, 15) is 9.59 Å². The maximum Gasteiger partial charge on any atom is 0.251 e. The Bertz CT molecular complexity index is 1080. The Labute approximate surface area is 185 Å². The van der Waals surface area contributed by atoms with Crippen LogP contribution in [0.4, 0.5) is 17.1 Å². The minimum Gasteiger partial charge on any atom is -0.305 e. The first-order chi connectivity index (χ1) is 15.1. The van der Waals surface area contributed by atoms with Crippen molar-refractivity contribution in [2.75, 3.05) is 11.4 Å². The lowest BCUT2D eigenvalue weighted by molar-refractivity contribution is -0.121. The second kappa shape index (κ2) is 9.64. The molecule has 0 aromatic heterocycles. The van der Waals surface area contributed by atoms with E-state index in [4.69, 9.17) is 11.6 Å². The number of hydrogen-bond donors (Lipinski definition) is 1. The Kier molecular flexibility index (Phi) is 6.50. The van der Waals surface area contributed by atoms with Crippen molar-refractivity contribution in [3.8, 4) is 0 Å². The second-order valence-corrected chi connectivity index (χ2v) is 7.64. The number of carbonyl (C=O) groups is 2. The van der Waals surface area contributed by atoms with Crippen LogP contribution in [-0.4, -0.2) is 24.4 Å². The van der Waals surface area contributed by atoms with Gasteiger partial charge in [-0.15, -0.1) is 0 Å². The lowest BCUT2D eigenvalue weighted by Crippen LogP contribution is -2.39. The SMILES string of the molecule is O=C1C[C@@H](NCCc2ccc(Cl)cc2)C(=O)N1c1ccc(N=Nc2ccccc2)cc1. The summed E-state index contributed by atoms with van der Waals surface area (Å²) < 4.78 is 0. The van der Waals surface area contributed by atoms with Gasteiger partial charge in [-0.3, -0.25) is 9.59 Å². The molecule has 0 bridgehead atoms. The predicted molar refractivity (Wildman–Crippen MR) is 121 cm³/mol. The Morgan fingerprint density at radius 3 is 2.19 bits per heavy atom. The van der Waals surface area contributed by atoms with Crippen LogP contribution in [0.1, 0.15) is 12.0 Å². The number of nitrogens with zero attached hydrogens (tertiary/aromatic N) is 3.